The van der Waals surface area contributed by atoms with Gasteiger partial charge in [-0.25, -0.2) is 14.4 Å². The van der Waals surface area contributed by atoms with Crippen molar-refractivity contribution in [2.75, 3.05) is 13.2 Å². The van der Waals surface area contributed by atoms with Gasteiger partial charge >= 0.3 is 18.2 Å². The van der Waals surface area contributed by atoms with Crippen molar-refractivity contribution in [1.82, 2.24) is 10.6 Å². The molecule has 33 heavy (non-hydrogen) atoms. The van der Waals surface area contributed by atoms with Crippen LogP contribution in [-0.2, 0) is 32.2 Å². The van der Waals surface area contributed by atoms with E-state index in [-0.39, 0.29) is 19.8 Å². The van der Waals surface area contributed by atoms with Crippen molar-refractivity contribution < 1.29 is 28.6 Å². The highest BCUT2D eigenvalue weighted by Crippen LogP contribution is 2.06. The van der Waals surface area contributed by atoms with Gasteiger partial charge < -0.3 is 24.8 Å². The van der Waals surface area contributed by atoms with E-state index in [9.17, 15) is 14.4 Å². The molecule has 0 bridgehead atoms. The highest BCUT2D eigenvalue weighted by molar-refractivity contribution is 5.81. The maximum absolute atomic E-state index is 12.2. The molecule has 2 aromatic carbocycles. The molecule has 2 amide bonds. The van der Waals surface area contributed by atoms with Crippen LogP contribution in [0.1, 0.15) is 30.4 Å². The Balaban J connectivity index is 1.69. The lowest BCUT2D eigenvalue weighted by molar-refractivity contribution is -0.144. The minimum atomic E-state index is -0.911. The standard InChI is InChI=1S/C25H28N2O6/c1-2-17-31-23(28)22(27-25(30)33-19-21-13-7-4-8-14-21)15-9-10-16-26-24(29)32-18-20-11-5-3-6-12-20/h1,3-8,11-14,22H,9-10,15-19H2,(H,26,29)(H,27,30)/t22-/m0/s1. The molecule has 2 rings (SSSR count). The molecule has 0 saturated heterocycles. The number of hydrogen-bond donors (Lipinski definition) is 2. The lowest BCUT2D eigenvalue weighted by Gasteiger charge is -2.17. The maximum Gasteiger partial charge on any atom is 0.408 e. The van der Waals surface area contributed by atoms with Crippen molar-refractivity contribution in [3.63, 3.8) is 0 Å². The normalized spacial score (nSPS) is 10.9. The largest absolute Gasteiger partial charge is 0.451 e. The van der Waals surface area contributed by atoms with E-state index in [2.05, 4.69) is 16.6 Å². The minimum absolute atomic E-state index is 0.0772. The van der Waals surface area contributed by atoms with Crippen molar-refractivity contribution in [1.29, 1.82) is 0 Å². The molecule has 174 valence electrons. The van der Waals surface area contributed by atoms with Gasteiger partial charge in [-0.15, -0.1) is 6.42 Å². The predicted molar refractivity (Wildman–Crippen MR) is 122 cm³/mol. The summed E-state index contributed by atoms with van der Waals surface area (Å²) in [6.07, 6.45) is 5.28. The van der Waals surface area contributed by atoms with Gasteiger partial charge in [-0.1, -0.05) is 66.6 Å². The van der Waals surface area contributed by atoms with Gasteiger partial charge in [0.15, 0.2) is 6.61 Å². The average Bonchev–Trinajstić information content (AvgIpc) is 2.85. The zero-order chi connectivity index (χ0) is 23.7. The van der Waals surface area contributed by atoms with Gasteiger partial charge in [0.1, 0.15) is 19.3 Å². The summed E-state index contributed by atoms with van der Waals surface area (Å²) >= 11 is 0. The molecular weight excluding hydrogens is 424 g/mol. The number of ether oxygens (including phenoxy) is 3. The van der Waals surface area contributed by atoms with Crippen LogP contribution in [0.4, 0.5) is 9.59 Å². The van der Waals surface area contributed by atoms with Crippen LogP contribution in [0.15, 0.2) is 60.7 Å². The van der Waals surface area contributed by atoms with Crippen LogP contribution in [0.2, 0.25) is 0 Å². The molecule has 8 heteroatoms. The molecule has 0 saturated carbocycles. The minimum Gasteiger partial charge on any atom is -0.451 e. The van der Waals surface area contributed by atoms with Gasteiger partial charge in [-0.3, -0.25) is 0 Å². The summed E-state index contributed by atoms with van der Waals surface area (Å²) in [6, 6.07) is 17.6. The number of nitrogens with one attached hydrogen (secondary N) is 2. The number of carbonyl (C=O) groups excluding carboxylic acids is 3. The van der Waals surface area contributed by atoms with E-state index in [0.717, 1.165) is 11.1 Å². The molecule has 0 aliphatic heterocycles. The van der Waals surface area contributed by atoms with Crippen LogP contribution >= 0.6 is 0 Å². The van der Waals surface area contributed by atoms with Gasteiger partial charge in [0.05, 0.1) is 0 Å². The Hall–Kier alpha value is -3.99. The Labute approximate surface area is 193 Å². The van der Waals surface area contributed by atoms with E-state index in [1.54, 1.807) is 0 Å². The molecule has 8 nitrogen and oxygen atoms in total. The molecule has 2 aromatic rings. The van der Waals surface area contributed by atoms with Crippen LogP contribution in [0.25, 0.3) is 0 Å². The van der Waals surface area contributed by atoms with Crippen molar-refractivity contribution in [2.45, 2.75) is 38.5 Å². The fourth-order valence-electron chi connectivity index (χ4n) is 2.81. The Kier molecular flexibility index (Phi) is 11.4. The van der Waals surface area contributed by atoms with Crippen LogP contribution in [0.5, 0.6) is 0 Å². The first kappa shape index (κ1) is 25.3. The quantitative estimate of drug-likeness (QED) is 0.221. The van der Waals surface area contributed by atoms with E-state index in [4.69, 9.17) is 20.6 Å². The van der Waals surface area contributed by atoms with Gasteiger partial charge in [-0.2, -0.15) is 0 Å². The van der Waals surface area contributed by atoms with Crippen molar-refractivity contribution >= 4 is 18.2 Å². The number of alkyl carbamates (subject to hydrolysis) is 2. The van der Waals surface area contributed by atoms with Crippen LogP contribution in [-0.4, -0.2) is 37.3 Å². The summed E-state index contributed by atoms with van der Waals surface area (Å²) in [5.74, 6) is 1.58. The van der Waals surface area contributed by atoms with E-state index in [0.29, 0.717) is 25.8 Å². The second kappa shape index (κ2) is 14.9. The third-order valence-corrected chi connectivity index (χ3v) is 4.49. The lowest BCUT2D eigenvalue weighted by atomic mass is 10.1. The fraction of sp³-hybridized carbons (Fsp3) is 0.320. The average molecular weight is 453 g/mol. The Morgan fingerprint density at radius 1 is 0.818 bits per heavy atom. The van der Waals surface area contributed by atoms with Gasteiger partial charge in [0.2, 0.25) is 0 Å². The summed E-state index contributed by atoms with van der Waals surface area (Å²) in [5.41, 5.74) is 1.72. The number of terminal acetylenes is 1. The molecule has 0 unspecified atom stereocenters. The number of hydrogen-bond acceptors (Lipinski definition) is 6. The molecule has 0 spiro atoms. The summed E-state index contributed by atoms with van der Waals surface area (Å²) in [7, 11) is 0. The van der Waals surface area contributed by atoms with Crippen LogP contribution in [0, 0.1) is 12.3 Å². The van der Waals surface area contributed by atoms with Gasteiger partial charge in [-0.05, 0) is 30.4 Å². The Bertz CT molecular complexity index is 911. The number of amides is 2. The summed E-state index contributed by atoms with van der Waals surface area (Å²) in [4.78, 5) is 36.1. The molecule has 0 radical (unpaired) electrons. The highest BCUT2D eigenvalue weighted by Gasteiger charge is 2.22. The second-order valence-electron chi connectivity index (χ2n) is 7.05. The van der Waals surface area contributed by atoms with Crippen LogP contribution in [0.3, 0.4) is 0 Å². The molecule has 0 fully saturated rings. The molecule has 0 heterocycles. The highest BCUT2D eigenvalue weighted by atomic mass is 16.6. The predicted octanol–water partition coefficient (Wildman–Crippen LogP) is 3.55. The summed E-state index contributed by atoms with van der Waals surface area (Å²) in [5, 5.41) is 5.17. The maximum atomic E-state index is 12.2. The molecule has 2 N–H and O–H groups in total. The van der Waals surface area contributed by atoms with Crippen molar-refractivity contribution in [2.24, 2.45) is 0 Å². The van der Waals surface area contributed by atoms with Crippen LogP contribution < -0.4 is 10.6 Å². The monoisotopic (exact) mass is 452 g/mol. The zero-order valence-corrected chi connectivity index (χ0v) is 18.3. The van der Waals surface area contributed by atoms with E-state index < -0.39 is 24.2 Å². The summed E-state index contributed by atoms with van der Waals surface area (Å²) in [6.45, 7) is 0.432. The van der Waals surface area contributed by atoms with Crippen molar-refractivity contribution in [3.8, 4) is 12.3 Å². The Morgan fingerprint density at radius 2 is 1.39 bits per heavy atom. The summed E-state index contributed by atoms with van der Waals surface area (Å²) < 4.78 is 15.3. The fourth-order valence-corrected chi connectivity index (χ4v) is 2.81. The number of esters is 1. The SMILES string of the molecule is C#CCOC(=O)[C@H](CCCCNC(=O)OCc1ccccc1)NC(=O)OCc1ccccc1. The first-order chi connectivity index (χ1) is 16.1. The number of carbonyl (C=O) groups is 3. The second-order valence-corrected chi connectivity index (χ2v) is 7.05. The smallest absolute Gasteiger partial charge is 0.408 e. The van der Waals surface area contributed by atoms with Gasteiger partial charge in [0, 0.05) is 6.54 Å². The molecular formula is C25H28N2O6. The number of benzene rings is 2. The number of rotatable bonds is 12. The molecule has 0 aliphatic carbocycles. The molecule has 1 atom stereocenters. The number of unbranched alkanes of at least 4 members (excludes halogenated alkanes) is 1. The molecule has 0 aromatic heterocycles. The van der Waals surface area contributed by atoms with Gasteiger partial charge in [0.25, 0.3) is 0 Å². The third kappa shape index (κ3) is 10.7. The lowest BCUT2D eigenvalue weighted by Crippen LogP contribution is -2.42. The first-order valence-corrected chi connectivity index (χ1v) is 10.6. The third-order valence-electron chi connectivity index (χ3n) is 4.49. The first-order valence-electron chi connectivity index (χ1n) is 10.6. The Morgan fingerprint density at radius 3 is 1.97 bits per heavy atom. The van der Waals surface area contributed by atoms with E-state index >= 15 is 0 Å². The van der Waals surface area contributed by atoms with E-state index in [1.165, 1.54) is 0 Å². The zero-order valence-electron chi connectivity index (χ0n) is 18.3. The van der Waals surface area contributed by atoms with E-state index in [1.807, 2.05) is 60.7 Å². The topological polar surface area (TPSA) is 103 Å². The molecule has 0 aliphatic rings. The van der Waals surface area contributed by atoms with Crippen molar-refractivity contribution in [3.05, 3.63) is 71.8 Å².